The van der Waals surface area contributed by atoms with Crippen LogP contribution in [0.15, 0.2) is 6.20 Å². The first-order valence-corrected chi connectivity index (χ1v) is 4.37. The fraction of sp³-hybridized carbons (Fsp3) is 0.400. The average molecular weight is 191 g/mol. The normalized spacial score (nSPS) is 9.50. The van der Waals surface area contributed by atoms with Crippen molar-refractivity contribution in [3.8, 4) is 12.3 Å². The molecule has 0 saturated carbocycles. The summed E-state index contributed by atoms with van der Waals surface area (Å²) < 4.78 is 1.66. The first-order chi connectivity index (χ1) is 6.63. The number of anilines is 1. The van der Waals surface area contributed by atoms with Crippen LogP contribution in [0.4, 0.5) is 5.69 Å². The van der Waals surface area contributed by atoms with Crippen molar-refractivity contribution in [3.63, 3.8) is 0 Å². The molecule has 4 heteroatoms. The van der Waals surface area contributed by atoms with E-state index in [-0.39, 0.29) is 5.91 Å². The molecule has 0 atom stereocenters. The van der Waals surface area contributed by atoms with Crippen molar-refractivity contribution in [2.45, 2.75) is 19.8 Å². The van der Waals surface area contributed by atoms with E-state index < -0.39 is 0 Å². The third-order valence-electron chi connectivity index (χ3n) is 1.78. The lowest BCUT2D eigenvalue weighted by Gasteiger charge is -2.00. The summed E-state index contributed by atoms with van der Waals surface area (Å²) in [5, 5.41) is 6.85. The lowest BCUT2D eigenvalue weighted by Crippen LogP contribution is -2.10. The summed E-state index contributed by atoms with van der Waals surface area (Å²) in [6, 6.07) is 0. The topological polar surface area (TPSA) is 46.9 Å². The number of rotatable bonds is 3. The lowest BCUT2D eigenvalue weighted by atomic mass is 10.3. The molecule has 1 N–H and O–H groups in total. The van der Waals surface area contributed by atoms with Gasteiger partial charge < -0.3 is 5.32 Å². The summed E-state index contributed by atoms with van der Waals surface area (Å²) in [7, 11) is 1.81. The third kappa shape index (κ3) is 2.63. The Morgan fingerprint density at radius 2 is 2.50 bits per heavy atom. The van der Waals surface area contributed by atoms with Gasteiger partial charge in [0, 0.05) is 26.1 Å². The van der Waals surface area contributed by atoms with E-state index in [0.717, 1.165) is 11.4 Å². The van der Waals surface area contributed by atoms with Crippen molar-refractivity contribution in [1.82, 2.24) is 9.78 Å². The van der Waals surface area contributed by atoms with E-state index in [2.05, 4.69) is 16.3 Å². The maximum atomic E-state index is 11.3. The molecule has 0 fully saturated rings. The number of terminal acetylenes is 1. The number of aromatic nitrogens is 2. The van der Waals surface area contributed by atoms with Gasteiger partial charge in [-0.2, -0.15) is 5.10 Å². The molecule has 74 valence electrons. The molecule has 1 aromatic rings. The van der Waals surface area contributed by atoms with Crippen LogP contribution in [0.1, 0.15) is 18.5 Å². The Balaban J connectivity index is 2.56. The van der Waals surface area contributed by atoms with E-state index >= 15 is 0 Å². The van der Waals surface area contributed by atoms with Crippen LogP contribution in [0.3, 0.4) is 0 Å². The zero-order chi connectivity index (χ0) is 10.6. The van der Waals surface area contributed by atoms with Crippen LogP contribution in [0.5, 0.6) is 0 Å². The van der Waals surface area contributed by atoms with Gasteiger partial charge in [-0.15, -0.1) is 12.3 Å². The minimum Gasteiger partial charge on any atom is -0.323 e. The van der Waals surface area contributed by atoms with Crippen molar-refractivity contribution < 1.29 is 4.79 Å². The summed E-state index contributed by atoms with van der Waals surface area (Å²) in [6.07, 6.45) is 7.64. The molecule has 1 heterocycles. The minimum atomic E-state index is -0.0703. The SMILES string of the molecule is C#CCCC(=O)Nc1cn(C)nc1C. The molecule has 0 radical (unpaired) electrons. The van der Waals surface area contributed by atoms with E-state index in [9.17, 15) is 4.79 Å². The van der Waals surface area contributed by atoms with Gasteiger partial charge in [-0.05, 0) is 6.92 Å². The van der Waals surface area contributed by atoms with E-state index in [1.54, 1.807) is 10.9 Å². The molecule has 0 aliphatic heterocycles. The van der Waals surface area contributed by atoms with Gasteiger partial charge in [0.2, 0.25) is 5.91 Å². The van der Waals surface area contributed by atoms with Crippen LogP contribution in [-0.4, -0.2) is 15.7 Å². The van der Waals surface area contributed by atoms with Crippen LogP contribution in [0, 0.1) is 19.3 Å². The van der Waals surface area contributed by atoms with Gasteiger partial charge >= 0.3 is 0 Å². The third-order valence-corrected chi connectivity index (χ3v) is 1.78. The first kappa shape index (κ1) is 10.3. The Hall–Kier alpha value is -1.76. The summed E-state index contributed by atoms with van der Waals surface area (Å²) in [4.78, 5) is 11.3. The maximum Gasteiger partial charge on any atom is 0.225 e. The van der Waals surface area contributed by atoms with Crippen molar-refractivity contribution in [2.24, 2.45) is 7.05 Å². The van der Waals surface area contributed by atoms with Crippen LogP contribution in [0.25, 0.3) is 0 Å². The highest BCUT2D eigenvalue weighted by atomic mass is 16.1. The van der Waals surface area contributed by atoms with Crippen LogP contribution in [-0.2, 0) is 11.8 Å². The zero-order valence-corrected chi connectivity index (χ0v) is 8.37. The van der Waals surface area contributed by atoms with Gasteiger partial charge in [0.05, 0.1) is 11.4 Å². The number of nitrogens with one attached hydrogen (secondary N) is 1. The molecule has 4 nitrogen and oxygen atoms in total. The lowest BCUT2D eigenvalue weighted by molar-refractivity contribution is -0.116. The number of carbonyl (C=O) groups excluding carboxylic acids is 1. The highest BCUT2D eigenvalue weighted by Gasteiger charge is 2.06. The predicted molar refractivity (Wildman–Crippen MR) is 54.6 cm³/mol. The summed E-state index contributed by atoms with van der Waals surface area (Å²) >= 11 is 0. The predicted octanol–water partition coefficient (Wildman–Crippen LogP) is 1.08. The molecule has 0 bridgehead atoms. The second kappa shape index (κ2) is 4.47. The monoisotopic (exact) mass is 191 g/mol. The van der Waals surface area contributed by atoms with E-state index in [1.807, 2.05) is 14.0 Å². The van der Waals surface area contributed by atoms with Crippen molar-refractivity contribution in [2.75, 3.05) is 5.32 Å². The molecular weight excluding hydrogens is 178 g/mol. The zero-order valence-electron chi connectivity index (χ0n) is 8.37. The number of aryl methyl sites for hydroxylation is 2. The fourth-order valence-electron chi connectivity index (χ4n) is 1.12. The molecule has 0 unspecified atom stereocenters. The summed E-state index contributed by atoms with van der Waals surface area (Å²) in [5.41, 5.74) is 1.55. The molecule has 1 rings (SSSR count). The molecular formula is C10H13N3O. The Bertz CT molecular complexity index is 373. The van der Waals surface area contributed by atoms with Gasteiger partial charge in [-0.25, -0.2) is 0 Å². The standard InChI is InChI=1S/C10H13N3O/c1-4-5-6-10(14)11-9-7-13(3)12-8(9)2/h1,7H,5-6H2,2-3H3,(H,11,14). The second-order valence-corrected chi connectivity index (χ2v) is 3.05. The molecule has 14 heavy (non-hydrogen) atoms. The number of hydrogen-bond donors (Lipinski definition) is 1. The molecule has 0 spiro atoms. The fourth-order valence-corrected chi connectivity index (χ4v) is 1.12. The quantitative estimate of drug-likeness (QED) is 0.727. The number of hydrogen-bond acceptors (Lipinski definition) is 2. The summed E-state index contributed by atoms with van der Waals surface area (Å²) in [5.74, 6) is 2.35. The molecule has 1 aromatic heterocycles. The smallest absolute Gasteiger partial charge is 0.225 e. The highest BCUT2D eigenvalue weighted by Crippen LogP contribution is 2.11. The maximum absolute atomic E-state index is 11.3. The number of amides is 1. The van der Waals surface area contributed by atoms with E-state index in [4.69, 9.17) is 6.42 Å². The molecule has 0 aliphatic carbocycles. The average Bonchev–Trinajstić information content (AvgIpc) is 2.42. The van der Waals surface area contributed by atoms with Gasteiger partial charge in [-0.3, -0.25) is 9.48 Å². The van der Waals surface area contributed by atoms with Crippen LogP contribution < -0.4 is 5.32 Å². The van der Waals surface area contributed by atoms with E-state index in [0.29, 0.717) is 12.8 Å². The molecule has 0 saturated heterocycles. The largest absolute Gasteiger partial charge is 0.323 e. The number of nitrogens with zero attached hydrogens (tertiary/aromatic N) is 2. The van der Waals surface area contributed by atoms with Crippen molar-refractivity contribution in [1.29, 1.82) is 0 Å². The van der Waals surface area contributed by atoms with Gasteiger partial charge in [0.1, 0.15) is 0 Å². The highest BCUT2D eigenvalue weighted by molar-refractivity contribution is 5.91. The van der Waals surface area contributed by atoms with Crippen LogP contribution >= 0.6 is 0 Å². The Kier molecular flexibility index (Phi) is 3.29. The molecule has 1 amide bonds. The Labute approximate surface area is 83.3 Å². The van der Waals surface area contributed by atoms with Crippen molar-refractivity contribution in [3.05, 3.63) is 11.9 Å². The van der Waals surface area contributed by atoms with Crippen molar-refractivity contribution >= 4 is 11.6 Å². The van der Waals surface area contributed by atoms with Gasteiger partial charge in [0.15, 0.2) is 0 Å². The van der Waals surface area contributed by atoms with E-state index in [1.165, 1.54) is 0 Å². The Morgan fingerprint density at radius 1 is 1.79 bits per heavy atom. The van der Waals surface area contributed by atoms with Crippen LogP contribution in [0.2, 0.25) is 0 Å². The molecule has 0 aromatic carbocycles. The van der Waals surface area contributed by atoms with Gasteiger partial charge in [-0.1, -0.05) is 0 Å². The Morgan fingerprint density at radius 3 is 3.00 bits per heavy atom. The second-order valence-electron chi connectivity index (χ2n) is 3.05. The molecule has 0 aliphatic rings. The number of carbonyl (C=O) groups is 1. The first-order valence-electron chi connectivity index (χ1n) is 4.37. The minimum absolute atomic E-state index is 0.0703. The van der Waals surface area contributed by atoms with Gasteiger partial charge in [0.25, 0.3) is 0 Å². The summed E-state index contributed by atoms with van der Waals surface area (Å²) in [6.45, 7) is 1.84.